The number of hydrogen-bond donors (Lipinski definition) is 2. The van der Waals surface area contributed by atoms with Crippen LogP contribution in [0.25, 0.3) is 0 Å². The highest BCUT2D eigenvalue weighted by atomic mass is 19.1. The normalized spacial score (nSPS) is 17.9. The van der Waals surface area contributed by atoms with E-state index in [9.17, 15) is 9.50 Å². The summed E-state index contributed by atoms with van der Waals surface area (Å²) in [5, 5.41) is 13.2. The van der Waals surface area contributed by atoms with E-state index in [2.05, 4.69) is 5.32 Å². The lowest BCUT2D eigenvalue weighted by Gasteiger charge is -2.27. The second kappa shape index (κ2) is 4.33. The average molecular weight is 243 g/mol. The van der Waals surface area contributed by atoms with Crippen molar-refractivity contribution in [3.05, 3.63) is 59.4 Å². The summed E-state index contributed by atoms with van der Waals surface area (Å²) < 4.78 is 13.4. The van der Waals surface area contributed by atoms with Crippen LogP contribution >= 0.6 is 0 Å². The molecule has 2 aromatic rings. The number of nitrogens with one attached hydrogen (secondary N) is 1. The predicted octanol–water partition coefficient (Wildman–Crippen LogP) is 3.48. The number of halogens is 1. The van der Waals surface area contributed by atoms with Crippen LogP contribution < -0.4 is 5.32 Å². The summed E-state index contributed by atoms with van der Waals surface area (Å²) in [7, 11) is 0. The molecule has 1 heterocycles. The zero-order valence-corrected chi connectivity index (χ0v) is 9.86. The Morgan fingerprint density at radius 1 is 1.11 bits per heavy atom. The maximum Gasteiger partial charge on any atom is 0.123 e. The first-order chi connectivity index (χ1) is 8.75. The molecule has 3 rings (SSSR count). The van der Waals surface area contributed by atoms with Gasteiger partial charge in [0.25, 0.3) is 0 Å². The summed E-state index contributed by atoms with van der Waals surface area (Å²) in [6, 6.07) is 12.0. The Morgan fingerprint density at radius 2 is 1.94 bits per heavy atom. The molecule has 0 saturated heterocycles. The van der Waals surface area contributed by atoms with Gasteiger partial charge in [0.1, 0.15) is 11.6 Å². The van der Waals surface area contributed by atoms with Crippen LogP contribution in [0.15, 0.2) is 42.5 Å². The van der Waals surface area contributed by atoms with Crippen molar-refractivity contribution in [3.8, 4) is 5.75 Å². The number of hydrogen-bond acceptors (Lipinski definition) is 2. The summed E-state index contributed by atoms with van der Waals surface area (Å²) in [4.78, 5) is 0. The first kappa shape index (κ1) is 11.1. The van der Waals surface area contributed by atoms with E-state index in [0.29, 0.717) is 0 Å². The Labute approximate surface area is 105 Å². The first-order valence-corrected chi connectivity index (χ1v) is 6.07. The smallest absolute Gasteiger partial charge is 0.123 e. The van der Waals surface area contributed by atoms with Crippen LogP contribution in [0.1, 0.15) is 23.5 Å². The van der Waals surface area contributed by atoms with E-state index in [-0.39, 0.29) is 17.5 Å². The van der Waals surface area contributed by atoms with E-state index >= 15 is 0 Å². The SMILES string of the molecule is Oc1ccccc1C1CCNc2ccc(F)cc21. The molecule has 2 nitrogen and oxygen atoms in total. The lowest BCUT2D eigenvalue weighted by Crippen LogP contribution is -2.17. The molecule has 18 heavy (non-hydrogen) atoms. The molecule has 1 atom stereocenters. The average Bonchev–Trinajstić information content (AvgIpc) is 2.39. The molecular formula is C15H14FNO. The van der Waals surface area contributed by atoms with Gasteiger partial charge in [-0.1, -0.05) is 18.2 Å². The Balaban J connectivity index is 2.11. The van der Waals surface area contributed by atoms with Gasteiger partial charge in [-0.15, -0.1) is 0 Å². The largest absolute Gasteiger partial charge is 0.508 e. The third-order valence-corrected chi connectivity index (χ3v) is 3.45. The van der Waals surface area contributed by atoms with Gasteiger partial charge in [0.2, 0.25) is 0 Å². The molecule has 0 bridgehead atoms. The number of aromatic hydroxyl groups is 1. The number of anilines is 1. The van der Waals surface area contributed by atoms with Crippen LogP contribution in [0.2, 0.25) is 0 Å². The fourth-order valence-corrected chi connectivity index (χ4v) is 2.59. The fourth-order valence-electron chi connectivity index (χ4n) is 2.59. The zero-order valence-electron chi connectivity index (χ0n) is 9.86. The van der Waals surface area contributed by atoms with Gasteiger partial charge >= 0.3 is 0 Å². The van der Waals surface area contributed by atoms with Crippen LogP contribution in [-0.2, 0) is 0 Å². The maximum atomic E-state index is 13.4. The number of phenols is 1. The molecule has 0 saturated carbocycles. The third-order valence-electron chi connectivity index (χ3n) is 3.45. The second-order valence-electron chi connectivity index (χ2n) is 4.56. The number of para-hydroxylation sites is 1. The van der Waals surface area contributed by atoms with Gasteiger partial charge in [-0.25, -0.2) is 4.39 Å². The summed E-state index contributed by atoms with van der Waals surface area (Å²) in [6.07, 6.45) is 0.855. The molecule has 92 valence electrons. The van der Waals surface area contributed by atoms with E-state index in [1.807, 2.05) is 12.1 Å². The Kier molecular flexibility index (Phi) is 2.67. The highest BCUT2D eigenvalue weighted by Crippen LogP contribution is 2.39. The fraction of sp³-hybridized carbons (Fsp3) is 0.200. The zero-order chi connectivity index (χ0) is 12.5. The van der Waals surface area contributed by atoms with Crippen molar-refractivity contribution in [2.24, 2.45) is 0 Å². The summed E-state index contributed by atoms with van der Waals surface area (Å²) in [6.45, 7) is 0.831. The van der Waals surface area contributed by atoms with E-state index in [1.165, 1.54) is 6.07 Å². The van der Waals surface area contributed by atoms with Crippen molar-refractivity contribution >= 4 is 5.69 Å². The molecule has 0 radical (unpaired) electrons. The van der Waals surface area contributed by atoms with Crippen molar-refractivity contribution in [1.82, 2.24) is 0 Å². The van der Waals surface area contributed by atoms with Gasteiger partial charge in [-0.05, 0) is 36.2 Å². The van der Waals surface area contributed by atoms with Crippen LogP contribution in [0.5, 0.6) is 5.75 Å². The van der Waals surface area contributed by atoms with Gasteiger partial charge in [-0.3, -0.25) is 0 Å². The lowest BCUT2D eigenvalue weighted by atomic mass is 9.84. The Bertz CT molecular complexity index is 582. The minimum Gasteiger partial charge on any atom is -0.508 e. The van der Waals surface area contributed by atoms with E-state index < -0.39 is 0 Å². The molecule has 3 heteroatoms. The third kappa shape index (κ3) is 1.82. The van der Waals surface area contributed by atoms with Crippen LogP contribution in [0.4, 0.5) is 10.1 Å². The maximum absolute atomic E-state index is 13.4. The first-order valence-electron chi connectivity index (χ1n) is 6.07. The van der Waals surface area contributed by atoms with Crippen molar-refractivity contribution in [3.63, 3.8) is 0 Å². The molecular weight excluding hydrogens is 229 g/mol. The van der Waals surface area contributed by atoms with E-state index in [4.69, 9.17) is 0 Å². The summed E-state index contributed by atoms with van der Waals surface area (Å²) in [5.41, 5.74) is 2.74. The monoisotopic (exact) mass is 243 g/mol. The molecule has 0 fully saturated rings. The van der Waals surface area contributed by atoms with Crippen LogP contribution in [0, 0.1) is 5.82 Å². The molecule has 0 aromatic heterocycles. The van der Waals surface area contributed by atoms with Crippen molar-refractivity contribution in [2.45, 2.75) is 12.3 Å². The van der Waals surface area contributed by atoms with Gasteiger partial charge in [-0.2, -0.15) is 0 Å². The van der Waals surface area contributed by atoms with Crippen LogP contribution in [0.3, 0.4) is 0 Å². The van der Waals surface area contributed by atoms with Crippen molar-refractivity contribution in [2.75, 3.05) is 11.9 Å². The quantitative estimate of drug-likeness (QED) is 0.803. The summed E-state index contributed by atoms with van der Waals surface area (Å²) in [5.74, 6) is 0.0932. The standard InChI is InChI=1S/C15H14FNO/c16-10-5-6-14-13(9-10)11(7-8-17-14)12-3-1-2-4-15(12)18/h1-6,9,11,17-18H,7-8H2. The number of phenolic OH excluding ortho intramolecular Hbond substituents is 1. The second-order valence-corrected chi connectivity index (χ2v) is 4.56. The number of rotatable bonds is 1. The molecule has 1 aliphatic rings. The van der Waals surface area contributed by atoms with Crippen molar-refractivity contribution < 1.29 is 9.50 Å². The topological polar surface area (TPSA) is 32.3 Å². The van der Waals surface area contributed by atoms with E-state index in [0.717, 1.165) is 29.8 Å². The Hall–Kier alpha value is -2.03. The number of benzene rings is 2. The highest BCUT2D eigenvalue weighted by molar-refractivity contribution is 5.58. The minimum absolute atomic E-state index is 0.0538. The molecule has 2 aromatic carbocycles. The molecule has 1 aliphatic heterocycles. The predicted molar refractivity (Wildman–Crippen MR) is 69.5 cm³/mol. The number of fused-ring (bicyclic) bond motifs is 1. The molecule has 1 unspecified atom stereocenters. The van der Waals surface area contributed by atoms with Gasteiger partial charge < -0.3 is 10.4 Å². The lowest BCUT2D eigenvalue weighted by molar-refractivity contribution is 0.462. The summed E-state index contributed by atoms with van der Waals surface area (Å²) >= 11 is 0. The van der Waals surface area contributed by atoms with Gasteiger partial charge in [0.15, 0.2) is 0 Å². The van der Waals surface area contributed by atoms with Crippen molar-refractivity contribution in [1.29, 1.82) is 0 Å². The minimum atomic E-state index is -0.238. The van der Waals surface area contributed by atoms with Gasteiger partial charge in [0, 0.05) is 23.7 Å². The van der Waals surface area contributed by atoms with Gasteiger partial charge in [0.05, 0.1) is 0 Å². The molecule has 0 amide bonds. The van der Waals surface area contributed by atoms with Crippen LogP contribution in [-0.4, -0.2) is 11.7 Å². The molecule has 0 aliphatic carbocycles. The molecule has 2 N–H and O–H groups in total. The van der Waals surface area contributed by atoms with E-state index in [1.54, 1.807) is 24.3 Å². The highest BCUT2D eigenvalue weighted by Gasteiger charge is 2.23. The Morgan fingerprint density at radius 3 is 2.78 bits per heavy atom. The molecule has 0 spiro atoms.